The van der Waals surface area contributed by atoms with Crippen molar-refractivity contribution in [3.05, 3.63) is 53.9 Å². The maximum absolute atomic E-state index is 6.41. The molecule has 0 aliphatic carbocycles. The lowest BCUT2D eigenvalue weighted by atomic mass is 10.0. The minimum Gasteiger partial charge on any atom is -0.382 e. The van der Waals surface area contributed by atoms with Crippen molar-refractivity contribution < 1.29 is 0 Å². The average Bonchev–Trinajstić information content (AvgIpc) is 3.11. The van der Waals surface area contributed by atoms with Crippen LogP contribution in [0, 0.1) is 0 Å². The first-order valence-electron chi connectivity index (χ1n) is 7.86. The summed E-state index contributed by atoms with van der Waals surface area (Å²) in [7, 11) is 0. The largest absolute Gasteiger partial charge is 0.382 e. The molecule has 1 aromatic carbocycles. The van der Waals surface area contributed by atoms with Crippen molar-refractivity contribution in [1.29, 1.82) is 0 Å². The van der Waals surface area contributed by atoms with E-state index in [4.69, 9.17) is 17.3 Å². The zero-order valence-electron chi connectivity index (χ0n) is 13.5. The van der Waals surface area contributed by atoms with Gasteiger partial charge in [-0.1, -0.05) is 17.7 Å². The van der Waals surface area contributed by atoms with Gasteiger partial charge in [-0.15, -0.1) is 0 Å². The molecule has 0 aliphatic heterocycles. The summed E-state index contributed by atoms with van der Waals surface area (Å²) < 4.78 is 1.83. The third kappa shape index (κ3) is 2.81. The number of benzene rings is 1. The van der Waals surface area contributed by atoms with Crippen molar-refractivity contribution in [2.24, 2.45) is 0 Å². The normalized spacial score (nSPS) is 11.1. The second-order valence-electron chi connectivity index (χ2n) is 5.58. The third-order valence-corrected chi connectivity index (χ3v) is 4.22. The molecule has 0 bridgehead atoms. The van der Waals surface area contributed by atoms with Crippen LogP contribution in [-0.2, 0) is 6.54 Å². The Bertz CT molecular complexity index is 1070. The molecule has 0 radical (unpaired) electrons. The molecule has 0 saturated heterocycles. The summed E-state index contributed by atoms with van der Waals surface area (Å²) in [6.45, 7) is 2.80. The van der Waals surface area contributed by atoms with E-state index in [-0.39, 0.29) is 0 Å². The molecule has 0 saturated carbocycles. The van der Waals surface area contributed by atoms with Gasteiger partial charge in [0.2, 0.25) is 0 Å². The number of anilines is 1. The molecule has 0 fully saturated rings. The number of pyridine rings is 1. The zero-order valence-corrected chi connectivity index (χ0v) is 14.3. The van der Waals surface area contributed by atoms with Crippen LogP contribution in [0.5, 0.6) is 0 Å². The van der Waals surface area contributed by atoms with Crippen molar-refractivity contribution in [2.45, 2.75) is 13.5 Å². The van der Waals surface area contributed by atoms with Crippen LogP contribution in [0.25, 0.3) is 33.5 Å². The molecular weight excluding hydrogens is 336 g/mol. The molecule has 6 nitrogen and oxygen atoms in total. The molecule has 124 valence electrons. The first kappa shape index (κ1) is 15.5. The lowest BCUT2D eigenvalue weighted by molar-refractivity contribution is 0.661. The smallest absolute Gasteiger partial charge is 0.142 e. The third-order valence-electron chi connectivity index (χ3n) is 3.93. The monoisotopic (exact) mass is 350 g/mol. The lowest BCUT2D eigenvalue weighted by Crippen LogP contribution is -2.00. The van der Waals surface area contributed by atoms with E-state index in [9.17, 15) is 0 Å². The predicted molar refractivity (Wildman–Crippen MR) is 99.1 cm³/mol. The number of hydrogen-bond acceptors (Lipinski definition) is 5. The maximum atomic E-state index is 6.41. The Hall–Kier alpha value is -2.99. The van der Waals surface area contributed by atoms with E-state index in [0.717, 1.165) is 28.7 Å². The van der Waals surface area contributed by atoms with E-state index >= 15 is 0 Å². The fourth-order valence-electron chi connectivity index (χ4n) is 2.74. The minimum atomic E-state index is 0.346. The summed E-state index contributed by atoms with van der Waals surface area (Å²) in [6.07, 6.45) is 5.16. The fourth-order valence-corrected chi connectivity index (χ4v) is 3.02. The van der Waals surface area contributed by atoms with Crippen LogP contribution < -0.4 is 5.73 Å². The standard InChI is InChI=1S/C18H15ClN6/c1-2-25-7-5-14(24-25)18-17(22-10-15(20)23-18)12-8-11-4-3-6-21-16(11)13(19)9-12/h3-10H,2H2,1H3,(H2,20,23). The number of aromatic nitrogens is 5. The van der Waals surface area contributed by atoms with Gasteiger partial charge < -0.3 is 5.73 Å². The summed E-state index contributed by atoms with van der Waals surface area (Å²) in [4.78, 5) is 13.3. The average molecular weight is 351 g/mol. The Morgan fingerprint density at radius 2 is 2.04 bits per heavy atom. The van der Waals surface area contributed by atoms with Gasteiger partial charge >= 0.3 is 0 Å². The van der Waals surface area contributed by atoms with Gasteiger partial charge in [-0.3, -0.25) is 14.6 Å². The van der Waals surface area contributed by atoms with Crippen molar-refractivity contribution in [1.82, 2.24) is 24.7 Å². The number of hydrogen-bond donors (Lipinski definition) is 1. The summed E-state index contributed by atoms with van der Waals surface area (Å²) >= 11 is 6.41. The zero-order chi connectivity index (χ0) is 17.4. The Morgan fingerprint density at radius 1 is 1.16 bits per heavy atom. The van der Waals surface area contributed by atoms with Crippen LogP contribution in [-0.4, -0.2) is 24.7 Å². The van der Waals surface area contributed by atoms with E-state index in [1.54, 1.807) is 6.20 Å². The molecule has 0 unspecified atom stereocenters. The number of halogens is 1. The highest BCUT2D eigenvalue weighted by Crippen LogP contribution is 2.33. The first-order valence-corrected chi connectivity index (χ1v) is 8.24. The molecule has 0 spiro atoms. The Kier molecular flexibility index (Phi) is 3.82. The molecule has 7 heteroatoms. The highest BCUT2D eigenvalue weighted by Gasteiger charge is 2.16. The molecular formula is C18H15ClN6. The Balaban J connectivity index is 1.94. The maximum Gasteiger partial charge on any atom is 0.142 e. The summed E-state index contributed by atoms with van der Waals surface area (Å²) in [5, 5.41) is 6.03. The number of aryl methyl sites for hydroxylation is 1. The highest BCUT2D eigenvalue weighted by atomic mass is 35.5. The van der Waals surface area contributed by atoms with Crippen LogP contribution in [0.4, 0.5) is 5.82 Å². The fraction of sp³-hybridized carbons (Fsp3) is 0.111. The molecule has 4 aromatic rings. The first-order chi connectivity index (χ1) is 12.2. The number of nitrogens with zero attached hydrogens (tertiary/aromatic N) is 5. The van der Waals surface area contributed by atoms with Gasteiger partial charge in [0.05, 0.1) is 22.4 Å². The minimum absolute atomic E-state index is 0.346. The van der Waals surface area contributed by atoms with Crippen molar-refractivity contribution in [3.63, 3.8) is 0 Å². The van der Waals surface area contributed by atoms with Gasteiger partial charge in [0.15, 0.2) is 0 Å². The van der Waals surface area contributed by atoms with E-state index in [1.165, 1.54) is 6.20 Å². The van der Waals surface area contributed by atoms with Crippen molar-refractivity contribution in [3.8, 4) is 22.6 Å². The van der Waals surface area contributed by atoms with Gasteiger partial charge in [0, 0.05) is 29.9 Å². The van der Waals surface area contributed by atoms with Crippen LogP contribution in [0.15, 0.2) is 48.9 Å². The highest BCUT2D eigenvalue weighted by molar-refractivity contribution is 6.35. The Labute approximate surface area is 149 Å². The molecule has 0 atom stereocenters. The van der Waals surface area contributed by atoms with Crippen LogP contribution in [0.2, 0.25) is 5.02 Å². The lowest BCUT2D eigenvalue weighted by Gasteiger charge is -2.09. The van der Waals surface area contributed by atoms with Gasteiger partial charge in [-0.05, 0) is 31.2 Å². The van der Waals surface area contributed by atoms with E-state index in [2.05, 4.69) is 20.1 Å². The van der Waals surface area contributed by atoms with Crippen molar-refractivity contribution >= 4 is 28.3 Å². The molecule has 3 aromatic heterocycles. The van der Waals surface area contributed by atoms with Crippen LogP contribution >= 0.6 is 11.6 Å². The van der Waals surface area contributed by atoms with Crippen molar-refractivity contribution in [2.75, 3.05) is 5.73 Å². The number of fused-ring (bicyclic) bond motifs is 1. The SMILES string of the molecule is CCn1ccc(-c2nc(N)cnc2-c2cc(Cl)c3ncccc3c2)n1. The molecule has 2 N–H and O–H groups in total. The summed E-state index contributed by atoms with van der Waals surface area (Å²) in [6, 6.07) is 9.58. The molecule has 4 rings (SSSR count). The van der Waals surface area contributed by atoms with Gasteiger partial charge in [0.25, 0.3) is 0 Å². The molecule has 3 heterocycles. The Morgan fingerprint density at radius 3 is 2.84 bits per heavy atom. The van der Waals surface area contributed by atoms with Gasteiger partial charge in [-0.25, -0.2) is 4.98 Å². The van der Waals surface area contributed by atoms with Gasteiger partial charge in [-0.2, -0.15) is 5.10 Å². The number of rotatable bonds is 3. The number of nitrogens with two attached hydrogens (primary N) is 1. The van der Waals surface area contributed by atoms with E-state index < -0.39 is 0 Å². The van der Waals surface area contributed by atoms with E-state index in [1.807, 2.05) is 48.1 Å². The summed E-state index contributed by atoms with van der Waals surface area (Å²) in [5.41, 5.74) is 9.50. The summed E-state index contributed by atoms with van der Waals surface area (Å²) in [5.74, 6) is 0.346. The van der Waals surface area contributed by atoms with Crippen LogP contribution in [0.1, 0.15) is 6.92 Å². The van der Waals surface area contributed by atoms with Crippen LogP contribution in [0.3, 0.4) is 0 Å². The quantitative estimate of drug-likeness (QED) is 0.607. The topological polar surface area (TPSA) is 82.5 Å². The molecule has 0 aliphatic rings. The second-order valence-corrected chi connectivity index (χ2v) is 5.99. The predicted octanol–water partition coefficient (Wildman–Crippen LogP) is 3.81. The van der Waals surface area contributed by atoms with E-state index in [0.29, 0.717) is 22.2 Å². The number of nitrogen functional groups attached to an aromatic ring is 1. The van der Waals surface area contributed by atoms with Gasteiger partial charge in [0.1, 0.15) is 17.2 Å². The molecule has 25 heavy (non-hydrogen) atoms. The molecule has 0 amide bonds. The second kappa shape index (κ2) is 6.14.